The van der Waals surface area contributed by atoms with Crippen molar-refractivity contribution in [2.24, 2.45) is 0 Å². The Morgan fingerprint density at radius 1 is 0.882 bits per heavy atom. The standard InChI is InChI=1S/C28H27ClN2O3/c1-33-25-14-10-23(11-15-25)31-24(12-16-27(31)21-6-8-22(29)9-7-21)13-17-28(32)30-19-20-4-3-5-26(18-20)34-2/h3-12,14-16,18H,13,17,19H2,1-2H3,(H,30,32). The Labute approximate surface area is 204 Å². The van der Waals surface area contributed by atoms with Crippen molar-refractivity contribution in [1.29, 1.82) is 0 Å². The van der Waals surface area contributed by atoms with Gasteiger partial charge in [0, 0.05) is 29.4 Å². The third-order valence-electron chi connectivity index (χ3n) is 5.66. The first kappa shape index (κ1) is 23.5. The fraction of sp³-hybridized carbons (Fsp3) is 0.179. The SMILES string of the molecule is COc1ccc(-n2c(CCC(=O)NCc3cccc(OC)c3)ccc2-c2ccc(Cl)cc2)cc1. The molecule has 3 aromatic carbocycles. The molecule has 0 unspecified atom stereocenters. The summed E-state index contributed by atoms with van der Waals surface area (Å²) >= 11 is 6.10. The lowest BCUT2D eigenvalue weighted by Crippen LogP contribution is -2.23. The average molecular weight is 475 g/mol. The van der Waals surface area contributed by atoms with E-state index in [1.165, 1.54) is 0 Å². The van der Waals surface area contributed by atoms with Gasteiger partial charge in [0.1, 0.15) is 11.5 Å². The summed E-state index contributed by atoms with van der Waals surface area (Å²) in [6.45, 7) is 0.464. The number of aryl methyl sites for hydroxylation is 1. The van der Waals surface area contributed by atoms with E-state index in [4.69, 9.17) is 21.1 Å². The second-order valence-electron chi connectivity index (χ2n) is 7.88. The van der Waals surface area contributed by atoms with E-state index in [-0.39, 0.29) is 5.91 Å². The second kappa shape index (κ2) is 10.9. The predicted molar refractivity (Wildman–Crippen MR) is 136 cm³/mol. The minimum Gasteiger partial charge on any atom is -0.497 e. The van der Waals surface area contributed by atoms with E-state index in [0.717, 1.165) is 39.7 Å². The summed E-state index contributed by atoms with van der Waals surface area (Å²) in [6.07, 6.45) is 0.980. The van der Waals surface area contributed by atoms with E-state index < -0.39 is 0 Å². The van der Waals surface area contributed by atoms with Gasteiger partial charge in [0.05, 0.1) is 19.9 Å². The van der Waals surface area contributed by atoms with Gasteiger partial charge in [-0.25, -0.2) is 0 Å². The maximum absolute atomic E-state index is 12.6. The van der Waals surface area contributed by atoms with Gasteiger partial charge in [0.15, 0.2) is 0 Å². The minimum atomic E-state index is -0.00153. The van der Waals surface area contributed by atoms with Crippen LogP contribution >= 0.6 is 11.6 Å². The zero-order valence-corrected chi connectivity index (χ0v) is 20.0. The summed E-state index contributed by atoms with van der Waals surface area (Å²) in [6, 6.07) is 27.5. The Kier molecular flexibility index (Phi) is 7.55. The van der Waals surface area contributed by atoms with E-state index in [2.05, 4.69) is 22.0 Å². The van der Waals surface area contributed by atoms with Crippen LogP contribution in [0.4, 0.5) is 0 Å². The zero-order chi connectivity index (χ0) is 23.9. The van der Waals surface area contributed by atoms with Gasteiger partial charge < -0.3 is 19.4 Å². The molecule has 0 aliphatic rings. The molecule has 0 atom stereocenters. The van der Waals surface area contributed by atoms with Gasteiger partial charge in [0.2, 0.25) is 5.91 Å². The Hall–Kier alpha value is -3.70. The van der Waals surface area contributed by atoms with Crippen LogP contribution < -0.4 is 14.8 Å². The molecule has 1 N–H and O–H groups in total. The van der Waals surface area contributed by atoms with Crippen molar-refractivity contribution in [2.75, 3.05) is 14.2 Å². The Bertz CT molecular complexity index is 1250. The van der Waals surface area contributed by atoms with Crippen LogP contribution in [0.15, 0.2) is 84.9 Å². The first-order valence-corrected chi connectivity index (χ1v) is 11.5. The highest BCUT2D eigenvalue weighted by Crippen LogP contribution is 2.29. The zero-order valence-electron chi connectivity index (χ0n) is 19.3. The van der Waals surface area contributed by atoms with Crippen LogP contribution in [0.3, 0.4) is 0 Å². The van der Waals surface area contributed by atoms with Crippen LogP contribution in [0.25, 0.3) is 16.9 Å². The number of amides is 1. The van der Waals surface area contributed by atoms with Crippen molar-refractivity contribution >= 4 is 17.5 Å². The molecule has 0 fully saturated rings. The number of carbonyl (C=O) groups is 1. The van der Waals surface area contributed by atoms with Crippen LogP contribution in [0, 0.1) is 0 Å². The van der Waals surface area contributed by atoms with E-state index in [1.807, 2.05) is 72.8 Å². The fourth-order valence-corrected chi connectivity index (χ4v) is 4.00. The van der Waals surface area contributed by atoms with E-state index in [1.54, 1.807) is 14.2 Å². The largest absolute Gasteiger partial charge is 0.497 e. The third-order valence-corrected chi connectivity index (χ3v) is 5.92. The molecule has 0 aliphatic heterocycles. The van der Waals surface area contributed by atoms with Crippen molar-refractivity contribution in [3.8, 4) is 28.4 Å². The highest BCUT2D eigenvalue weighted by atomic mass is 35.5. The Balaban J connectivity index is 1.52. The molecule has 1 aromatic heterocycles. The van der Waals surface area contributed by atoms with Crippen LogP contribution in [0.1, 0.15) is 17.7 Å². The Morgan fingerprint density at radius 2 is 1.62 bits per heavy atom. The molecule has 0 saturated carbocycles. The molecular weight excluding hydrogens is 448 g/mol. The van der Waals surface area contributed by atoms with Gasteiger partial charge in [-0.05, 0) is 78.2 Å². The number of hydrogen-bond acceptors (Lipinski definition) is 3. The van der Waals surface area contributed by atoms with Crippen LogP contribution in [-0.4, -0.2) is 24.7 Å². The average Bonchev–Trinajstić information content (AvgIpc) is 3.30. The second-order valence-corrected chi connectivity index (χ2v) is 8.31. The molecule has 4 rings (SSSR count). The molecule has 1 heterocycles. The van der Waals surface area contributed by atoms with Crippen molar-refractivity contribution in [1.82, 2.24) is 9.88 Å². The molecule has 5 nitrogen and oxygen atoms in total. The fourth-order valence-electron chi connectivity index (χ4n) is 3.87. The molecule has 174 valence electrons. The molecular formula is C28H27ClN2O3. The molecule has 0 radical (unpaired) electrons. The lowest BCUT2D eigenvalue weighted by molar-refractivity contribution is -0.121. The molecule has 4 aromatic rings. The number of aromatic nitrogens is 1. The highest BCUT2D eigenvalue weighted by molar-refractivity contribution is 6.30. The molecule has 1 amide bonds. The number of rotatable bonds is 9. The lowest BCUT2D eigenvalue weighted by Gasteiger charge is -2.15. The number of nitrogens with one attached hydrogen (secondary N) is 1. The maximum Gasteiger partial charge on any atom is 0.220 e. The summed E-state index contributed by atoms with van der Waals surface area (Å²) in [5.41, 5.74) is 5.14. The van der Waals surface area contributed by atoms with Gasteiger partial charge in [-0.1, -0.05) is 35.9 Å². The van der Waals surface area contributed by atoms with Crippen LogP contribution in [0.5, 0.6) is 11.5 Å². The van der Waals surface area contributed by atoms with Crippen molar-refractivity contribution in [3.63, 3.8) is 0 Å². The molecule has 0 aliphatic carbocycles. The lowest BCUT2D eigenvalue weighted by atomic mass is 10.1. The van der Waals surface area contributed by atoms with Crippen molar-refractivity contribution in [2.45, 2.75) is 19.4 Å². The van der Waals surface area contributed by atoms with Gasteiger partial charge >= 0.3 is 0 Å². The molecule has 6 heteroatoms. The smallest absolute Gasteiger partial charge is 0.220 e. The minimum absolute atomic E-state index is 0.00153. The number of nitrogens with zero attached hydrogens (tertiary/aromatic N) is 1. The first-order valence-electron chi connectivity index (χ1n) is 11.1. The number of halogens is 1. The molecule has 0 spiro atoms. The Morgan fingerprint density at radius 3 is 2.32 bits per heavy atom. The van der Waals surface area contributed by atoms with Crippen LogP contribution in [-0.2, 0) is 17.8 Å². The first-order chi connectivity index (χ1) is 16.6. The van der Waals surface area contributed by atoms with Gasteiger partial charge in [-0.2, -0.15) is 0 Å². The highest BCUT2D eigenvalue weighted by Gasteiger charge is 2.14. The van der Waals surface area contributed by atoms with Gasteiger partial charge in [-0.15, -0.1) is 0 Å². The predicted octanol–water partition coefficient (Wildman–Crippen LogP) is 6.06. The van der Waals surface area contributed by atoms with E-state index in [0.29, 0.717) is 24.4 Å². The summed E-state index contributed by atoms with van der Waals surface area (Å²) < 4.78 is 12.7. The summed E-state index contributed by atoms with van der Waals surface area (Å²) in [4.78, 5) is 12.6. The number of ether oxygens (including phenoxy) is 2. The topological polar surface area (TPSA) is 52.5 Å². The number of hydrogen-bond donors (Lipinski definition) is 1. The van der Waals surface area contributed by atoms with Gasteiger partial charge in [0.25, 0.3) is 0 Å². The number of benzene rings is 3. The van der Waals surface area contributed by atoms with Crippen molar-refractivity contribution in [3.05, 3.63) is 101 Å². The van der Waals surface area contributed by atoms with Crippen LogP contribution in [0.2, 0.25) is 5.02 Å². The van der Waals surface area contributed by atoms with E-state index in [9.17, 15) is 4.79 Å². The number of carbonyl (C=O) groups excluding carboxylic acids is 1. The number of methoxy groups -OCH3 is 2. The monoisotopic (exact) mass is 474 g/mol. The third kappa shape index (κ3) is 5.61. The van der Waals surface area contributed by atoms with Gasteiger partial charge in [-0.3, -0.25) is 4.79 Å². The summed E-state index contributed by atoms with van der Waals surface area (Å²) in [5.74, 6) is 1.57. The van der Waals surface area contributed by atoms with Crippen molar-refractivity contribution < 1.29 is 14.3 Å². The summed E-state index contributed by atoms with van der Waals surface area (Å²) in [5, 5.41) is 3.70. The normalized spacial score (nSPS) is 10.7. The summed E-state index contributed by atoms with van der Waals surface area (Å²) in [7, 11) is 3.29. The molecule has 0 bridgehead atoms. The van der Waals surface area contributed by atoms with E-state index >= 15 is 0 Å². The molecule has 0 saturated heterocycles. The maximum atomic E-state index is 12.6. The quantitative estimate of drug-likeness (QED) is 0.320. The molecule has 34 heavy (non-hydrogen) atoms.